The second-order valence-electron chi connectivity index (χ2n) is 9.44. The molecule has 3 aromatic carbocycles. The molecule has 0 radical (unpaired) electrons. The van der Waals surface area contributed by atoms with Gasteiger partial charge in [-0.2, -0.15) is 0 Å². The molecule has 5 nitrogen and oxygen atoms in total. The Morgan fingerprint density at radius 2 is 1.67 bits per heavy atom. The Hall–Kier alpha value is -2.29. The number of nitrogens with one attached hydrogen (secondary N) is 1. The second kappa shape index (κ2) is 12.8. The number of hydrogen-bond acceptors (Lipinski definition) is 3. The van der Waals surface area contributed by atoms with Crippen LogP contribution in [0.3, 0.4) is 0 Å². The number of carbonyl (C=O) groups excluding carboxylic acids is 2. The average molecular weight is 639 g/mol. The SMILES string of the molecule is CC(C)(C)NC(=O)[C@H](Cc1ccccc1)N(Cc1ccc(Cl)cc1Cl)C(=O)COc1ccc(I)cc1. The van der Waals surface area contributed by atoms with E-state index in [4.69, 9.17) is 27.9 Å². The summed E-state index contributed by atoms with van der Waals surface area (Å²) in [5, 5.41) is 3.96. The van der Waals surface area contributed by atoms with Crippen LogP contribution >= 0.6 is 45.8 Å². The van der Waals surface area contributed by atoms with E-state index in [1.807, 2.05) is 75.4 Å². The van der Waals surface area contributed by atoms with E-state index in [2.05, 4.69) is 27.9 Å². The highest BCUT2D eigenvalue weighted by molar-refractivity contribution is 14.1. The lowest BCUT2D eigenvalue weighted by Crippen LogP contribution is -2.55. The Bertz CT molecular complexity index is 1180. The van der Waals surface area contributed by atoms with Crippen molar-refractivity contribution in [3.05, 3.63) is 97.5 Å². The number of carbonyl (C=O) groups is 2. The molecule has 1 atom stereocenters. The highest BCUT2D eigenvalue weighted by atomic mass is 127. The lowest BCUT2D eigenvalue weighted by molar-refractivity contribution is -0.143. The molecule has 0 heterocycles. The standard InChI is InChI=1S/C28H29Cl2IN2O3/c1-28(2,3)32-27(35)25(15-19-7-5-4-6-8-19)33(17-20-9-10-21(29)16-24(20)30)26(34)18-36-23-13-11-22(31)12-14-23/h4-14,16,25H,15,17-18H2,1-3H3,(H,32,35)/t25-/m0/s1. The van der Waals surface area contributed by atoms with E-state index in [9.17, 15) is 9.59 Å². The number of rotatable bonds is 9. The Kier molecular flexibility index (Phi) is 10.0. The fraction of sp³-hybridized carbons (Fsp3) is 0.286. The highest BCUT2D eigenvalue weighted by Crippen LogP contribution is 2.24. The highest BCUT2D eigenvalue weighted by Gasteiger charge is 2.32. The van der Waals surface area contributed by atoms with Gasteiger partial charge < -0.3 is 15.0 Å². The van der Waals surface area contributed by atoms with Gasteiger partial charge in [-0.1, -0.05) is 59.6 Å². The topological polar surface area (TPSA) is 58.6 Å². The van der Waals surface area contributed by atoms with Gasteiger partial charge >= 0.3 is 0 Å². The van der Waals surface area contributed by atoms with Crippen LogP contribution in [0.2, 0.25) is 10.0 Å². The normalized spacial score (nSPS) is 12.1. The summed E-state index contributed by atoms with van der Waals surface area (Å²) in [6, 6.07) is 21.4. The molecule has 36 heavy (non-hydrogen) atoms. The minimum absolute atomic E-state index is 0.125. The van der Waals surface area contributed by atoms with E-state index < -0.39 is 11.6 Å². The molecule has 0 aliphatic rings. The van der Waals surface area contributed by atoms with Gasteiger partial charge in [0.25, 0.3) is 5.91 Å². The summed E-state index contributed by atoms with van der Waals surface area (Å²) in [5.74, 6) is -0.00407. The first kappa shape index (κ1) is 28.3. The first-order valence-corrected chi connectivity index (χ1v) is 13.3. The number of hydrogen-bond donors (Lipinski definition) is 1. The molecule has 8 heteroatoms. The van der Waals surface area contributed by atoms with Crippen molar-refractivity contribution >= 4 is 57.6 Å². The number of ether oxygens (including phenoxy) is 1. The van der Waals surface area contributed by atoms with Crippen molar-refractivity contribution in [1.29, 1.82) is 0 Å². The van der Waals surface area contributed by atoms with Crippen LogP contribution in [0.5, 0.6) is 5.75 Å². The fourth-order valence-electron chi connectivity index (χ4n) is 3.60. The lowest BCUT2D eigenvalue weighted by Gasteiger charge is -2.34. The van der Waals surface area contributed by atoms with E-state index in [-0.39, 0.29) is 25.0 Å². The Morgan fingerprint density at radius 1 is 1.00 bits per heavy atom. The summed E-state index contributed by atoms with van der Waals surface area (Å²) in [6.07, 6.45) is 0.337. The van der Waals surface area contributed by atoms with Gasteiger partial charge in [-0.3, -0.25) is 9.59 Å². The van der Waals surface area contributed by atoms with Crippen LogP contribution in [0.4, 0.5) is 0 Å². The molecule has 1 N–H and O–H groups in total. The first-order chi connectivity index (χ1) is 17.0. The summed E-state index contributed by atoms with van der Waals surface area (Å²) in [4.78, 5) is 28.7. The average Bonchev–Trinajstić information content (AvgIpc) is 2.81. The van der Waals surface area contributed by atoms with Gasteiger partial charge in [0.15, 0.2) is 6.61 Å². The van der Waals surface area contributed by atoms with Gasteiger partial charge in [0.1, 0.15) is 11.8 Å². The number of amides is 2. The summed E-state index contributed by atoms with van der Waals surface area (Å²) < 4.78 is 6.85. The molecule has 3 rings (SSSR count). The molecule has 3 aromatic rings. The van der Waals surface area contributed by atoms with Crippen molar-refractivity contribution in [3.63, 3.8) is 0 Å². The Balaban J connectivity index is 1.95. The maximum absolute atomic E-state index is 13.6. The molecule has 2 amide bonds. The fourth-order valence-corrected chi connectivity index (χ4v) is 4.43. The zero-order valence-corrected chi connectivity index (χ0v) is 24.1. The van der Waals surface area contributed by atoms with E-state index in [0.717, 1.165) is 9.13 Å². The molecule has 0 spiro atoms. The largest absolute Gasteiger partial charge is 0.484 e. The van der Waals surface area contributed by atoms with Crippen molar-refractivity contribution in [3.8, 4) is 5.75 Å². The summed E-state index contributed by atoms with van der Waals surface area (Å²) in [6.45, 7) is 5.63. The lowest BCUT2D eigenvalue weighted by atomic mass is 10.0. The predicted octanol–water partition coefficient (Wildman–Crippen LogP) is 6.53. The maximum Gasteiger partial charge on any atom is 0.261 e. The molecular formula is C28H29Cl2IN2O3. The minimum atomic E-state index is -0.786. The smallest absolute Gasteiger partial charge is 0.261 e. The van der Waals surface area contributed by atoms with Crippen molar-refractivity contribution in [2.24, 2.45) is 0 Å². The third kappa shape index (κ3) is 8.68. The van der Waals surface area contributed by atoms with Gasteiger partial charge in [-0.15, -0.1) is 0 Å². The van der Waals surface area contributed by atoms with Crippen LogP contribution in [-0.2, 0) is 22.6 Å². The molecular weight excluding hydrogens is 610 g/mol. The summed E-state index contributed by atoms with van der Waals surface area (Å²) in [7, 11) is 0. The molecule has 0 aliphatic carbocycles. The Morgan fingerprint density at radius 3 is 2.28 bits per heavy atom. The number of halogens is 3. The predicted molar refractivity (Wildman–Crippen MR) is 153 cm³/mol. The molecule has 0 bridgehead atoms. The molecule has 0 unspecified atom stereocenters. The molecule has 0 aromatic heterocycles. The van der Waals surface area contributed by atoms with Crippen LogP contribution in [-0.4, -0.2) is 34.9 Å². The van der Waals surface area contributed by atoms with Crippen LogP contribution in [0, 0.1) is 3.57 Å². The molecule has 0 saturated heterocycles. The molecule has 0 fully saturated rings. The van der Waals surface area contributed by atoms with E-state index in [1.54, 1.807) is 18.2 Å². The van der Waals surface area contributed by atoms with Crippen LogP contribution in [0.1, 0.15) is 31.9 Å². The number of nitrogens with zero attached hydrogens (tertiary/aromatic N) is 1. The van der Waals surface area contributed by atoms with Gasteiger partial charge in [-0.05, 0) is 90.9 Å². The van der Waals surface area contributed by atoms with Crippen LogP contribution in [0.25, 0.3) is 0 Å². The zero-order chi connectivity index (χ0) is 26.3. The zero-order valence-electron chi connectivity index (χ0n) is 20.4. The van der Waals surface area contributed by atoms with Crippen molar-refractivity contribution < 1.29 is 14.3 Å². The summed E-state index contributed by atoms with van der Waals surface area (Å²) >= 11 is 14.8. The van der Waals surface area contributed by atoms with E-state index >= 15 is 0 Å². The van der Waals surface area contributed by atoms with Gasteiger partial charge in [-0.25, -0.2) is 0 Å². The van der Waals surface area contributed by atoms with E-state index in [1.165, 1.54) is 4.90 Å². The van der Waals surface area contributed by atoms with Crippen LogP contribution in [0.15, 0.2) is 72.8 Å². The quantitative estimate of drug-likeness (QED) is 0.271. The van der Waals surface area contributed by atoms with Gasteiger partial charge in [0, 0.05) is 32.1 Å². The van der Waals surface area contributed by atoms with Crippen molar-refractivity contribution in [2.45, 2.75) is 45.3 Å². The van der Waals surface area contributed by atoms with Crippen molar-refractivity contribution in [2.75, 3.05) is 6.61 Å². The number of benzene rings is 3. The summed E-state index contributed by atoms with van der Waals surface area (Å²) in [5.41, 5.74) is 1.14. The van der Waals surface area contributed by atoms with Crippen molar-refractivity contribution in [1.82, 2.24) is 10.2 Å². The molecule has 0 aliphatic heterocycles. The maximum atomic E-state index is 13.6. The molecule has 0 saturated carbocycles. The minimum Gasteiger partial charge on any atom is -0.484 e. The third-order valence-corrected chi connectivity index (χ3v) is 6.61. The molecule has 190 valence electrons. The van der Waals surface area contributed by atoms with Crippen LogP contribution < -0.4 is 10.1 Å². The monoisotopic (exact) mass is 638 g/mol. The van der Waals surface area contributed by atoms with Gasteiger partial charge in [0.2, 0.25) is 5.91 Å². The van der Waals surface area contributed by atoms with E-state index in [0.29, 0.717) is 27.8 Å². The second-order valence-corrected chi connectivity index (χ2v) is 11.5. The van der Waals surface area contributed by atoms with Gasteiger partial charge in [0.05, 0.1) is 0 Å². The first-order valence-electron chi connectivity index (χ1n) is 11.5. The Labute approximate surface area is 236 Å². The third-order valence-electron chi connectivity index (χ3n) is 5.30.